The number of ether oxygens (including phenoxy) is 1. The van der Waals surface area contributed by atoms with E-state index in [2.05, 4.69) is 10.4 Å². The molecule has 1 aromatic heterocycles. The second kappa shape index (κ2) is 5.81. The molecule has 2 heterocycles. The van der Waals surface area contributed by atoms with Gasteiger partial charge in [0.15, 0.2) is 0 Å². The van der Waals surface area contributed by atoms with Gasteiger partial charge in [0.25, 0.3) is 0 Å². The molecule has 1 aliphatic heterocycles. The number of nitrogens with one attached hydrogen (secondary N) is 1. The number of amides is 1. The highest BCUT2D eigenvalue weighted by Crippen LogP contribution is 2.18. The molecule has 1 aliphatic rings. The molecule has 1 amide bonds. The van der Waals surface area contributed by atoms with Gasteiger partial charge >= 0.3 is 0 Å². The maximum absolute atomic E-state index is 11.9. The van der Waals surface area contributed by atoms with E-state index in [9.17, 15) is 4.79 Å². The van der Waals surface area contributed by atoms with Crippen LogP contribution in [0.2, 0.25) is 5.02 Å². The molecule has 0 saturated carbocycles. The quantitative estimate of drug-likeness (QED) is 0.938. The van der Waals surface area contributed by atoms with Gasteiger partial charge in [0.05, 0.1) is 17.8 Å². The summed E-state index contributed by atoms with van der Waals surface area (Å²) < 4.78 is 7.13. The van der Waals surface area contributed by atoms with Crippen molar-refractivity contribution < 1.29 is 9.53 Å². The molecule has 1 aromatic carbocycles. The lowest BCUT2D eigenvalue weighted by Crippen LogP contribution is -2.34. The van der Waals surface area contributed by atoms with Gasteiger partial charge in [-0.25, -0.2) is 0 Å². The van der Waals surface area contributed by atoms with Crippen LogP contribution in [0.3, 0.4) is 0 Å². The Kier molecular flexibility index (Phi) is 3.89. The van der Waals surface area contributed by atoms with Crippen LogP contribution in [0.4, 0.5) is 0 Å². The molecule has 0 spiro atoms. The first kappa shape index (κ1) is 13.4. The lowest BCUT2D eigenvalue weighted by molar-refractivity contribution is -0.122. The summed E-state index contributed by atoms with van der Waals surface area (Å²) in [5.41, 5.74) is 0.866. The van der Waals surface area contributed by atoms with Crippen LogP contribution in [0.1, 0.15) is 12.8 Å². The maximum Gasteiger partial charge on any atom is 0.241 e. The van der Waals surface area contributed by atoms with Gasteiger partial charge in [-0.05, 0) is 31.0 Å². The van der Waals surface area contributed by atoms with Crippen LogP contribution in [-0.2, 0) is 16.1 Å². The number of rotatable bonds is 4. The first-order chi connectivity index (χ1) is 9.72. The van der Waals surface area contributed by atoms with Crippen molar-refractivity contribution in [3.05, 3.63) is 29.4 Å². The monoisotopic (exact) mass is 293 g/mol. The van der Waals surface area contributed by atoms with Gasteiger partial charge in [-0.15, -0.1) is 0 Å². The topological polar surface area (TPSA) is 56.2 Å². The van der Waals surface area contributed by atoms with E-state index in [0.717, 1.165) is 30.4 Å². The van der Waals surface area contributed by atoms with Crippen molar-refractivity contribution in [2.45, 2.75) is 25.5 Å². The summed E-state index contributed by atoms with van der Waals surface area (Å²) in [6.07, 6.45) is 3.98. The molecule has 20 heavy (non-hydrogen) atoms. The lowest BCUT2D eigenvalue weighted by atomic mass is 10.2. The van der Waals surface area contributed by atoms with Crippen molar-refractivity contribution in [2.24, 2.45) is 0 Å². The van der Waals surface area contributed by atoms with Crippen molar-refractivity contribution in [3.8, 4) is 0 Å². The summed E-state index contributed by atoms with van der Waals surface area (Å²) in [4.78, 5) is 11.9. The minimum Gasteiger partial charge on any atom is -0.376 e. The number of aromatic nitrogens is 2. The maximum atomic E-state index is 11.9. The van der Waals surface area contributed by atoms with Gasteiger partial charge in [0.1, 0.15) is 6.54 Å². The molecule has 0 aliphatic carbocycles. The lowest BCUT2D eigenvalue weighted by Gasteiger charge is -2.11. The second-order valence-corrected chi connectivity index (χ2v) is 5.38. The SMILES string of the molecule is O=C(Cn1ncc2ccc(Cl)cc21)NCC1CCCO1. The van der Waals surface area contributed by atoms with E-state index < -0.39 is 0 Å². The van der Waals surface area contributed by atoms with E-state index in [1.807, 2.05) is 18.2 Å². The van der Waals surface area contributed by atoms with Gasteiger partial charge in [-0.1, -0.05) is 11.6 Å². The van der Waals surface area contributed by atoms with Crippen LogP contribution in [0, 0.1) is 0 Å². The minimum absolute atomic E-state index is 0.0644. The minimum atomic E-state index is -0.0644. The van der Waals surface area contributed by atoms with Gasteiger partial charge in [-0.2, -0.15) is 5.10 Å². The summed E-state index contributed by atoms with van der Waals surface area (Å²) >= 11 is 5.97. The van der Waals surface area contributed by atoms with E-state index in [-0.39, 0.29) is 18.6 Å². The number of carbonyl (C=O) groups excluding carboxylic acids is 1. The molecule has 6 heteroatoms. The van der Waals surface area contributed by atoms with Gasteiger partial charge < -0.3 is 10.1 Å². The highest BCUT2D eigenvalue weighted by atomic mass is 35.5. The third kappa shape index (κ3) is 2.94. The van der Waals surface area contributed by atoms with E-state index in [4.69, 9.17) is 16.3 Å². The standard InChI is InChI=1S/C14H16ClN3O2/c15-11-4-3-10-7-17-18(13(10)6-11)9-14(19)16-8-12-2-1-5-20-12/h3-4,6-7,12H,1-2,5,8-9H2,(H,16,19). The van der Waals surface area contributed by atoms with Crippen molar-refractivity contribution >= 4 is 28.4 Å². The number of fused-ring (bicyclic) bond motifs is 1. The predicted molar refractivity (Wildman–Crippen MR) is 76.7 cm³/mol. The Morgan fingerprint density at radius 1 is 1.55 bits per heavy atom. The highest BCUT2D eigenvalue weighted by Gasteiger charge is 2.16. The normalized spacial score (nSPS) is 18.6. The molecule has 1 fully saturated rings. The molecule has 2 aromatic rings. The molecular weight excluding hydrogens is 278 g/mol. The van der Waals surface area contributed by atoms with Crippen LogP contribution in [0.15, 0.2) is 24.4 Å². The highest BCUT2D eigenvalue weighted by molar-refractivity contribution is 6.31. The van der Waals surface area contributed by atoms with Crippen LogP contribution in [0.5, 0.6) is 0 Å². The Morgan fingerprint density at radius 2 is 2.45 bits per heavy atom. The van der Waals surface area contributed by atoms with Crippen LogP contribution < -0.4 is 5.32 Å². The Bertz CT molecular complexity index is 620. The number of nitrogens with zero attached hydrogens (tertiary/aromatic N) is 2. The summed E-state index contributed by atoms with van der Waals surface area (Å²) in [7, 11) is 0. The third-order valence-electron chi connectivity index (χ3n) is 3.45. The zero-order valence-corrected chi connectivity index (χ0v) is 11.8. The van der Waals surface area contributed by atoms with Crippen molar-refractivity contribution in [1.82, 2.24) is 15.1 Å². The molecule has 0 bridgehead atoms. The number of hydrogen-bond donors (Lipinski definition) is 1. The smallest absolute Gasteiger partial charge is 0.241 e. The average molecular weight is 294 g/mol. The predicted octanol–water partition coefficient (Wildman–Crippen LogP) is 1.98. The van der Waals surface area contributed by atoms with E-state index >= 15 is 0 Å². The van der Waals surface area contributed by atoms with Crippen LogP contribution in [-0.4, -0.2) is 34.9 Å². The van der Waals surface area contributed by atoms with Crippen LogP contribution >= 0.6 is 11.6 Å². The first-order valence-corrected chi connectivity index (χ1v) is 7.09. The molecule has 1 saturated heterocycles. The number of carbonyl (C=O) groups is 1. The summed E-state index contributed by atoms with van der Waals surface area (Å²) in [5.74, 6) is -0.0644. The first-order valence-electron chi connectivity index (χ1n) is 6.72. The zero-order valence-electron chi connectivity index (χ0n) is 11.0. The molecule has 5 nitrogen and oxygen atoms in total. The van der Waals surface area contributed by atoms with Gasteiger partial charge in [0, 0.05) is 23.6 Å². The van der Waals surface area contributed by atoms with Crippen molar-refractivity contribution in [2.75, 3.05) is 13.2 Å². The molecule has 1 atom stereocenters. The fourth-order valence-corrected chi connectivity index (χ4v) is 2.56. The van der Waals surface area contributed by atoms with Crippen LogP contribution in [0.25, 0.3) is 10.9 Å². The Balaban J connectivity index is 1.63. The fraction of sp³-hybridized carbons (Fsp3) is 0.429. The number of hydrogen-bond acceptors (Lipinski definition) is 3. The van der Waals surface area contributed by atoms with Gasteiger partial charge in [-0.3, -0.25) is 9.48 Å². The molecule has 1 N–H and O–H groups in total. The Morgan fingerprint density at radius 3 is 3.25 bits per heavy atom. The number of benzene rings is 1. The van der Waals surface area contributed by atoms with E-state index in [1.54, 1.807) is 10.9 Å². The second-order valence-electron chi connectivity index (χ2n) is 4.94. The number of halogens is 1. The Labute approximate surface area is 121 Å². The largest absolute Gasteiger partial charge is 0.376 e. The molecule has 3 rings (SSSR count). The summed E-state index contributed by atoms with van der Waals surface area (Å²) in [6.45, 7) is 1.55. The summed E-state index contributed by atoms with van der Waals surface area (Å²) in [6, 6.07) is 5.52. The molecule has 106 valence electrons. The summed E-state index contributed by atoms with van der Waals surface area (Å²) in [5, 5.41) is 8.72. The fourth-order valence-electron chi connectivity index (χ4n) is 2.39. The molecule has 0 radical (unpaired) electrons. The average Bonchev–Trinajstić information content (AvgIpc) is 3.07. The molecular formula is C14H16ClN3O2. The van der Waals surface area contributed by atoms with Crippen molar-refractivity contribution in [3.63, 3.8) is 0 Å². The van der Waals surface area contributed by atoms with Gasteiger partial charge in [0.2, 0.25) is 5.91 Å². The third-order valence-corrected chi connectivity index (χ3v) is 3.69. The van der Waals surface area contributed by atoms with E-state index in [0.29, 0.717) is 11.6 Å². The zero-order chi connectivity index (χ0) is 13.9. The Hall–Kier alpha value is -1.59. The van der Waals surface area contributed by atoms with E-state index in [1.165, 1.54) is 0 Å². The molecule has 1 unspecified atom stereocenters. The van der Waals surface area contributed by atoms with Crippen molar-refractivity contribution in [1.29, 1.82) is 0 Å².